The summed E-state index contributed by atoms with van der Waals surface area (Å²) in [5.41, 5.74) is 8.07. The van der Waals surface area contributed by atoms with Crippen LogP contribution < -0.4 is 5.73 Å². The summed E-state index contributed by atoms with van der Waals surface area (Å²) in [6.45, 7) is 3.77. The Balaban J connectivity index is 1.47. The van der Waals surface area contributed by atoms with Crippen LogP contribution in [0.15, 0.2) is 28.8 Å². The average Bonchev–Trinajstić information content (AvgIpc) is 3.13. The van der Waals surface area contributed by atoms with Gasteiger partial charge in [-0.15, -0.1) is 0 Å². The molecule has 2 aromatic rings. The Morgan fingerprint density at radius 1 is 1.06 bits per heavy atom. The van der Waals surface area contributed by atoms with Crippen molar-refractivity contribution in [3.05, 3.63) is 35.7 Å². The Morgan fingerprint density at radius 3 is 2.48 bits per heavy atom. The van der Waals surface area contributed by atoms with Gasteiger partial charge in [0.05, 0.1) is 5.92 Å². The van der Waals surface area contributed by atoms with Crippen molar-refractivity contribution >= 4 is 5.96 Å². The number of nitrogens with two attached hydrogens (primary N) is 1. The molecule has 31 heavy (non-hydrogen) atoms. The van der Waals surface area contributed by atoms with Gasteiger partial charge in [-0.1, -0.05) is 87.7 Å². The number of hydrogen-bond acceptors (Lipinski definition) is 4. The first kappa shape index (κ1) is 23.3. The van der Waals surface area contributed by atoms with Crippen LogP contribution in [0.2, 0.25) is 0 Å². The second-order valence-electron chi connectivity index (χ2n) is 8.90. The standard InChI is InChI=1S/C25H39N5O/c1-2-3-4-5-6-7-8-9-12-20-14-16-21(17-15-20)23-28-24(31-29-23)22-13-10-11-18-30(19-22)25(26)27/h14-17,22H,2-13,18-19H2,1H3,(H3,26,27). The molecular weight excluding hydrogens is 386 g/mol. The van der Waals surface area contributed by atoms with E-state index in [0.29, 0.717) is 18.3 Å². The summed E-state index contributed by atoms with van der Waals surface area (Å²) in [5, 5.41) is 12.0. The Morgan fingerprint density at radius 2 is 1.77 bits per heavy atom. The molecule has 1 saturated heterocycles. The van der Waals surface area contributed by atoms with Crippen molar-refractivity contribution in [1.29, 1.82) is 5.41 Å². The highest BCUT2D eigenvalue weighted by molar-refractivity contribution is 5.74. The van der Waals surface area contributed by atoms with Crippen LogP contribution in [0.4, 0.5) is 0 Å². The second kappa shape index (κ2) is 12.5. The quantitative estimate of drug-likeness (QED) is 0.266. The van der Waals surface area contributed by atoms with Crippen LogP contribution in [0.3, 0.4) is 0 Å². The Hall–Kier alpha value is -2.37. The van der Waals surface area contributed by atoms with Crippen LogP contribution in [0.1, 0.15) is 94.9 Å². The van der Waals surface area contributed by atoms with E-state index < -0.39 is 0 Å². The van der Waals surface area contributed by atoms with Crippen molar-refractivity contribution in [2.75, 3.05) is 13.1 Å². The van der Waals surface area contributed by atoms with Gasteiger partial charge >= 0.3 is 0 Å². The van der Waals surface area contributed by atoms with E-state index in [0.717, 1.165) is 37.8 Å². The van der Waals surface area contributed by atoms with E-state index in [-0.39, 0.29) is 11.9 Å². The van der Waals surface area contributed by atoms with Crippen molar-refractivity contribution in [2.24, 2.45) is 5.73 Å². The molecule has 0 bridgehead atoms. The third-order valence-electron chi connectivity index (χ3n) is 6.33. The van der Waals surface area contributed by atoms with Crippen molar-refractivity contribution < 1.29 is 4.52 Å². The molecule has 1 aliphatic heterocycles. The highest BCUT2D eigenvalue weighted by atomic mass is 16.5. The van der Waals surface area contributed by atoms with Gasteiger partial charge in [-0.2, -0.15) is 4.98 Å². The number of benzene rings is 1. The van der Waals surface area contributed by atoms with Crippen LogP contribution in [-0.2, 0) is 6.42 Å². The molecule has 3 N–H and O–H groups in total. The average molecular weight is 426 g/mol. The molecule has 1 aromatic carbocycles. The smallest absolute Gasteiger partial charge is 0.231 e. The summed E-state index contributed by atoms with van der Waals surface area (Å²) in [6, 6.07) is 8.58. The Bertz CT molecular complexity index is 785. The van der Waals surface area contributed by atoms with Crippen LogP contribution >= 0.6 is 0 Å². The lowest BCUT2D eigenvalue weighted by Crippen LogP contribution is -2.38. The third-order valence-corrected chi connectivity index (χ3v) is 6.33. The molecule has 0 saturated carbocycles. The van der Waals surface area contributed by atoms with Crippen molar-refractivity contribution in [3.8, 4) is 11.4 Å². The zero-order chi connectivity index (χ0) is 21.9. The van der Waals surface area contributed by atoms with E-state index in [2.05, 4.69) is 41.3 Å². The zero-order valence-electron chi connectivity index (χ0n) is 19.1. The molecular formula is C25H39N5O. The maximum atomic E-state index is 7.74. The summed E-state index contributed by atoms with van der Waals surface area (Å²) < 4.78 is 5.60. The summed E-state index contributed by atoms with van der Waals surface area (Å²) in [4.78, 5) is 6.57. The number of aryl methyl sites for hydroxylation is 1. The van der Waals surface area contributed by atoms with Crippen LogP contribution in [0.25, 0.3) is 11.4 Å². The van der Waals surface area contributed by atoms with Gasteiger partial charge in [0.25, 0.3) is 0 Å². The van der Waals surface area contributed by atoms with Crippen molar-refractivity contribution in [3.63, 3.8) is 0 Å². The van der Waals surface area contributed by atoms with Crippen molar-refractivity contribution in [1.82, 2.24) is 15.0 Å². The number of nitrogens with one attached hydrogen (secondary N) is 1. The maximum Gasteiger partial charge on any atom is 0.231 e. The number of likely N-dealkylation sites (tertiary alicyclic amines) is 1. The van der Waals surface area contributed by atoms with Gasteiger partial charge in [-0.05, 0) is 31.2 Å². The van der Waals surface area contributed by atoms with E-state index in [9.17, 15) is 0 Å². The molecule has 1 fully saturated rings. The fourth-order valence-electron chi connectivity index (χ4n) is 4.36. The maximum absolute atomic E-state index is 7.74. The van der Waals surface area contributed by atoms with Gasteiger partial charge in [0.2, 0.25) is 11.7 Å². The number of guanidine groups is 1. The highest BCUT2D eigenvalue weighted by Gasteiger charge is 2.25. The topological polar surface area (TPSA) is 92.0 Å². The summed E-state index contributed by atoms with van der Waals surface area (Å²) in [6.07, 6.45) is 15.0. The molecule has 1 unspecified atom stereocenters. The van der Waals surface area contributed by atoms with E-state index in [1.165, 1.54) is 56.9 Å². The van der Waals surface area contributed by atoms with Gasteiger partial charge in [0.1, 0.15) is 0 Å². The number of nitrogens with zero attached hydrogens (tertiary/aromatic N) is 3. The normalized spacial score (nSPS) is 16.9. The molecule has 170 valence electrons. The zero-order valence-corrected chi connectivity index (χ0v) is 19.1. The number of hydrogen-bond donors (Lipinski definition) is 2. The van der Waals surface area contributed by atoms with Gasteiger partial charge in [-0.3, -0.25) is 5.41 Å². The predicted molar refractivity (Wildman–Crippen MR) is 126 cm³/mol. The fraction of sp³-hybridized carbons (Fsp3) is 0.640. The minimum absolute atomic E-state index is 0.124. The van der Waals surface area contributed by atoms with Gasteiger partial charge < -0.3 is 15.2 Å². The number of aromatic nitrogens is 2. The SMILES string of the molecule is CCCCCCCCCCc1ccc(-c2noc(C3CCCCN(C(=N)N)C3)n2)cc1. The van der Waals surface area contributed by atoms with Crippen LogP contribution in [0, 0.1) is 5.41 Å². The fourth-order valence-corrected chi connectivity index (χ4v) is 4.36. The lowest BCUT2D eigenvalue weighted by molar-refractivity contribution is 0.319. The molecule has 1 aromatic heterocycles. The third kappa shape index (κ3) is 7.37. The first-order chi connectivity index (χ1) is 15.2. The first-order valence-electron chi connectivity index (χ1n) is 12.2. The lowest BCUT2D eigenvalue weighted by Gasteiger charge is -2.22. The van der Waals surface area contributed by atoms with Crippen LogP contribution in [-0.4, -0.2) is 34.1 Å². The highest BCUT2D eigenvalue weighted by Crippen LogP contribution is 2.27. The molecule has 0 radical (unpaired) electrons. The molecule has 0 aliphatic carbocycles. The summed E-state index contributed by atoms with van der Waals surface area (Å²) in [7, 11) is 0. The minimum atomic E-state index is 0.124. The lowest BCUT2D eigenvalue weighted by atomic mass is 10.0. The monoisotopic (exact) mass is 425 g/mol. The minimum Gasteiger partial charge on any atom is -0.370 e. The van der Waals surface area contributed by atoms with Gasteiger partial charge in [0, 0.05) is 18.7 Å². The molecule has 6 nitrogen and oxygen atoms in total. The summed E-state index contributed by atoms with van der Waals surface area (Å²) >= 11 is 0. The molecule has 6 heteroatoms. The molecule has 0 amide bonds. The van der Waals surface area contributed by atoms with E-state index in [1.807, 2.05) is 4.90 Å². The molecule has 2 heterocycles. The largest absolute Gasteiger partial charge is 0.370 e. The Kier molecular flexibility index (Phi) is 9.38. The molecule has 0 spiro atoms. The Labute approximate surface area is 187 Å². The number of unbranched alkanes of at least 4 members (excludes halogenated alkanes) is 7. The van der Waals surface area contributed by atoms with Crippen LogP contribution in [0.5, 0.6) is 0 Å². The first-order valence-corrected chi connectivity index (χ1v) is 12.2. The van der Waals surface area contributed by atoms with E-state index in [4.69, 9.17) is 15.7 Å². The second-order valence-corrected chi connectivity index (χ2v) is 8.90. The predicted octanol–water partition coefficient (Wildman–Crippen LogP) is 5.88. The van der Waals surface area contributed by atoms with E-state index in [1.54, 1.807) is 0 Å². The van der Waals surface area contributed by atoms with Gasteiger partial charge in [0.15, 0.2) is 5.96 Å². The van der Waals surface area contributed by atoms with E-state index >= 15 is 0 Å². The molecule has 3 rings (SSSR count). The molecule has 1 aliphatic rings. The summed E-state index contributed by atoms with van der Waals surface area (Å²) in [5.74, 6) is 1.56. The molecule has 1 atom stereocenters. The van der Waals surface area contributed by atoms with Crippen molar-refractivity contribution in [2.45, 2.75) is 89.9 Å². The number of rotatable bonds is 11. The van der Waals surface area contributed by atoms with Gasteiger partial charge in [-0.25, -0.2) is 0 Å².